The van der Waals surface area contributed by atoms with Crippen LogP contribution in [0.1, 0.15) is 13.3 Å². The molecule has 0 aromatic heterocycles. The van der Waals surface area contributed by atoms with Gasteiger partial charge in [-0.25, -0.2) is 0 Å². The molecular weight excluding hydrogens is 192 g/mol. The Bertz CT molecular complexity index is 390. The minimum absolute atomic E-state index is 0.00509. The Kier molecular flexibility index (Phi) is 2.49. The number of hydrogen-bond acceptors (Lipinski definition) is 3. The lowest BCUT2D eigenvalue weighted by Crippen LogP contribution is -2.38. The molecule has 0 spiro atoms. The molecule has 80 valence electrons. The molecule has 1 aliphatic rings. The van der Waals surface area contributed by atoms with Crippen molar-refractivity contribution in [3.63, 3.8) is 0 Å². The maximum Gasteiger partial charge on any atom is 0.247 e. The first-order chi connectivity index (χ1) is 7.26. The first kappa shape index (κ1) is 9.83. The van der Waals surface area contributed by atoms with Crippen molar-refractivity contribution in [1.29, 1.82) is 0 Å². The average molecular weight is 206 g/mol. The van der Waals surface area contributed by atoms with Crippen molar-refractivity contribution in [3.05, 3.63) is 18.2 Å². The largest absolute Gasteiger partial charge is 0.494 e. The summed E-state index contributed by atoms with van der Waals surface area (Å²) in [5, 5.41) is 6.03. The molecule has 1 aromatic carbocycles. The summed E-state index contributed by atoms with van der Waals surface area (Å²) < 4.78 is 5.18. The van der Waals surface area contributed by atoms with Gasteiger partial charge in [-0.2, -0.15) is 0 Å². The van der Waals surface area contributed by atoms with E-state index in [4.69, 9.17) is 4.74 Å². The summed E-state index contributed by atoms with van der Waals surface area (Å²) in [6.45, 7) is 1.97. The summed E-state index contributed by atoms with van der Waals surface area (Å²) in [6, 6.07) is 5.51. The molecule has 4 heteroatoms. The second-order valence-corrected chi connectivity index (χ2v) is 3.48. The van der Waals surface area contributed by atoms with Crippen LogP contribution in [-0.4, -0.2) is 19.1 Å². The molecule has 0 aliphatic carbocycles. The summed E-state index contributed by atoms with van der Waals surface area (Å²) in [6.07, 6.45) is 0.766. The van der Waals surface area contributed by atoms with Gasteiger partial charge in [0.1, 0.15) is 17.5 Å². The number of amides is 1. The Labute approximate surface area is 88.6 Å². The molecule has 0 fully saturated rings. The van der Waals surface area contributed by atoms with Crippen LogP contribution in [0.2, 0.25) is 0 Å². The molecule has 1 amide bonds. The second kappa shape index (κ2) is 3.81. The van der Waals surface area contributed by atoms with Gasteiger partial charge in [-0.3, -0.25) is 4.79 Å². The topological polar surface area (TPSA) is 50.4 Å². The number of carbonyl (C=O) groups is 1. The van der Waals surface area contributed by atoms with E-state index in [1.807, 2.05) is 25.1 Å². The molecular formula is C11H14N2O2. The zero-order valence-corrected chi connectivity index (χ0v) is 8.83. The molecule has 1 aliphatic heterocycles. The van der Waals surface area contributed by atoms with E-state index in [1.54, 1.807) is 7.11 Å². The van der Waals surface area contributed by atoms with Crippen molar-refractivity contribution in [2.45, 2.75) is 19.4 Å². The van der Waals surface area contributed by atoms with Crippen LogP contribution in [-0.2, 0) is 4.79 Å². The molecule has 0 saturated heterocycles. The monoisotopic (exact) mass is 206 g/mol. The molecule has 1 heterocycles. The number of nitrogens with one attached hydrogen (secondary N) is 2. The molecule has 1 unspecified atom stereocenters. The summed E-state index contributed by atoms with van der Waals surface area (Å²) in [7, 11) is 1.59. The number of carbonyl (C=O) groups excluding carboxylic acids is 1. The maximum absolute atomic E-state index is 11.6. The number of methoxy groups -OCH3 is 1. The molecule has 2 N–H and O–H groups in total. The zero-order valence-electron chi connectivity index (χ0n) is 8.83. The second-order valence-electron chi connectivity index (χ2n) is 3.48. The van der Waals surface area contributed by atoms with Crippen LogP contribution in [0.3, 0.4) is 0 Å². The van der Waals surface area contributed by atoms with Gasteiger partial charge in [0, 0.05) is 0 Å². The maximum atomic E-state index is 11.6. The van der Waals surface area contributed by atoms with Crippen LogP contribution in [0, 0.1) is 0 Å². The number of rotatable bonds is 2. The molecule has 1 atom stereocenters. The van der Waals surface area contributed by atoms with Crippen LogP contribution in [0.5, 0.6) is 5.75 Å². The number of fused-ring (bicyclic) bond motifs is 1. The van der Waals surface area contributed by atoms with E-state index in [1.165, 1.54) is 0 Å². The fraction of sp³-hybridized carbons (Fsp3) is 0.364. The predicted molar refractivity (Wildman–Crippen MR) is 59.3 cm³/mol. The highest BCUT2D eigenvalue weighted by Crippen LogP contribution is 2.35. The van der Waals surface area contributed by atoms with Gasteiger partial charge in [0.25, 0.3) is 0 Å². The van der Waals surface area contributed by atoms with E-state index in [9.17, 15) is 4.79 Å². The SMILES string of the molecule is CCC1Nc2cccc(OC)c2NC1=O. The molecule has 15 heavy (non-hydrogen) atoms. The lowest BCUT2D eigenvalue weighted by atomic mass is 10.1. The minimum Gasteiger partial charge on any atom is -0.494 e. The van der Waals surface area contributed by atoms with Crippen molar-refractivity contribution >= 4 is 17.3 Å². The lowest BCUT2D eigenvalue weighted by molar-refractivity contribution is -0.117. The molecule has 0 saturated carbocycles. The van der Waals surface area contributed by atoms with Crippen LogP contribution >= 0.6 is 0 Å². The highest BCUT2D eigenvalue weighted by molar-refractivity contribution is 6.04. The average Bonchev–Trinajstić information content (AvgIpc) is 2.27. The van der Waals surface area contributed by atoms with Gasteiger partial charge in [0.15, 0.2) is 0 Å². The van der Waals surface area contributed by atoms with Crippen molar-refractivity contribution in [1.82, 2.24) is 0 Å². The van der Waals surface area contributed by atoms with E-state index in [0.29, 0.717) is 5.75 Å². The van der Waals surface area contributed by atoms with Gasteiger partial charge >= 0.3 is 0 Å². The number of hydrogen-bond donors (Lipinski definition) is 2. The Hall–Kier alpha value is -1.71. The van der Waals surface area contributed by atoms with E-state index in [2.05, 4.69) is 10.6 Å². The van der Waals surface area contributed by atoms with Crippen molar-refractivity contribution < 1.29 is 9.53 Å². The fourth-order valence-corrected chi connectivity index (χ4v) is 1.70. The molecule has 4 nitrogen and oxygen atoms in total. The van der Waals surface area contributed by atoms with Crippen LogP contribution in [0.25, 0.3) is 0 Å². The van der Waals surface area contributed by atoms with Gasteiger partial charge < -0.3 is 15.4 Å². The fourth-order valence-electron chi connectivity index (χ4n) is 1.70. The van der Waals surface area contributed by atoms with E-state index >= 15 is 0 Å². The Balaban J connectivity index is 2.39. The van der Waals surface area contributed by atoms with Crippen LogP contribution in [0.15, 0.2) is 18.2 Å². The van der Waals surface area contributed by atoms with E-state index in [0.717, 1.165) is 17.8 Å². The van der Waals surface area contributed by atoms with Crippen LogP contribution < -0.4 is 15.4 Å². The van der Waals surface area contributed by atoms with Gasteiger partial charge in [-0.15, -0.1) is 0 Å². The highest BCUT2D eigenvalue weighted by atomic mass is 16.5. The van der Waals surface area contributed by atoms with E-state index in [-0.39, 0.29) is 11.9 Å². The molecule has 0 bridgehead atoms. The standard InChI is InChI=1S/C11H14N2O2/c1-3-7-11(14)13-10-8(12-7)5-4-6-9(10)15-2/h4-7,12H,3H2,1-2H3,(H,13,14). The molecule has 2 rings (SSSR count). The smallest absolute Gasteiger partial charge is 0.247 e. The van der Waals surface area contributed by atoms with Crippen molar-refractivity contribution in [3.8, 4) is 5.75 Å². The third-order valence-corrected chi connectivity index (χ3v) is 2.55. The van der Waals surface area contributed by atoms with E-state index < -0.39 is 0 Å². The van der Waals surface area contributed by atoms with Gasteiger partial charge in [0.2, 0.25) is 5.91 Å². The normalized spacial score (nSPS) is 18.8. The third kappa shape index (κ3) is 1.63. The highest BCUT2D eigenvalue weighted by Gasteiger charge is 2.25. The first-order valence-electron chi connectivity index (χ1n) is 5.00. The van der Waals surface area contributed by atoms with Crippen molar-refractivity contribution in [2.24, 2.45) is 0 Å². The zero-order chi connectivity index (χ0) is 10.8. The van der Waals surface area contributed by atoms with Gasteiger partial charge in [0.05, 0.1) is 12.8 Å². The summed E-state index contributed by atoms with van der Waals surface area (Å²) >= 11 is 0. The van der Waals surface area contributed by atoms with Crippen LogP contribution in [0.4, 0.5) is 11.4 Å². The third-order valence-electron chi connectivity index (χ3n) is 2.55. The molecule has 0 radical (unpaired) electrons. The molecule has 1 aromatic rings. The Morgan fingerprint density at radius 2 is 2.27 bits per heavy atom. The summed E-state index contributed by atoms with van der Waals surface area (Å²) in [4.78, 5) is 11.6. The number of benzene rings is 1. The first-order valence-corrected chi connectivity index (χ1v) is 5.00. The Morgan fingerprint density at radius 1 is 1.47 bits per heavy atom. The Morgan fingerprint density at radius 3 is 2.93 bits per heavy atom. The summed E-state index contributed by atoms with van der Waals surface area (Å²) in [5.41, 5.74) is 1.65. The lowest BCUT2D eigenvalue weighted by Gasteiger charge is -2.27. The van der Waals surface area contributed by atoms with Gasteiger partial charge in [-0.1, -0.05) is 13.0 Å². The quantitative estimate of drug-likeness (QED) is 0.776. The predicted octanol–water partition coefficient (Wildman–Crippen LogP) is 1.84. The number of para-hydroxylation sites is 1. The van der Waals surface area contributed by atoms with Crippen molar-refractivity contribution in [2.75, 3.05) is 17.7 Å². The van der Waals surface area contributed by atoms with Gasteiger partial charge in [-0.05, 0) is 18.6 Å². The number of ether oxygens (including phenoxy) is 1. The summed E-state index contributed by atoms with van der Waals surface area (Å²) in [5.74, 6) is 0.678. The minimum atomic E-state index is -0.149. The number of anilines is 2.